The molecule has 0 amide bonds. The summed E-state index contributed by atoms with van der Waals surface area (Å²) in [6.45, 7) is 3.26. The molecule has 0 aliphatic carbocycles. The van der Waals surface area contributed by atoms with E-state index < -0.39 is 0 Å². The third-order valence-electron chi connectivity index (χ3n) is 4.75. The Morgan fingerprint density at radius 1 is 0.857 bits per heavy atom. The highest BCUT2D eigenvalue weighted by molar-refractivity contribution is 6.13. The van der Waals surface area contributed by atoms with Crippen LogP contribution in [0.4, 0.5) is 23.0 Å². The second-order valence-electron chi connectivity index (χ2n) is 6.52. The van der Waals surface area contributed by atoms with Crippen LogP contribution in [-0.2, 0) is 0 Å². The first-order valence-corrected chi connectivity index (χ1v) is 8.94. The molecule has 0 radical (unpaired) electrons. The molecule has 3 aromatic rings. The summed E-state index contributed by atoms with van der Waals surface area (Å²) in [6, 6.07) is 8.85. The Kier molecular flexibility index (Phi) is 4.71. The lowest BCUT2D eigenvalue weighted by Crippen LogP contribution is -2.47. The zero-order valence-corrected chi connectivity index (χ0v) is 15.3. The average Bonchev–Trinajstić information content (AvgIpc) is 2.76. The van der Waals surface area contributed by atoms with Gasteiger partial charge in [-0.3, -0.25) is 5.41 Å². The monoisotopic (exact) mass is 375 g/mol. The minimum absolute atomic E-state index is 0.230. The zero-order valence-electron chi connectivity index (χ0n) is 15.3. The van der Waals surface area contributed by atoms with E-state index in [0.717, 1.165) is 37.8 Å². The van der Waals surface area contributed by atoms with Crippen molar-refractivity contribution in [2.24, 2.45) is 0 Å². The largest absolute Gasteiger partial charge is 0.399 e. The molecular weight excluding hydrogens is 354 g/mol. The van der Waals surface area contributed by atoms with Gasteiger partial charge in [0.2, 0.25) is 0 Å². The summed E-state index contributed by atoms with van der Waals surface area (Å²) < 4.78 is 0. The summed E-state index contributed by atoms with van der Waals surface area (Å²) >= 11 is 0. The summed E-state index contributed by atoms with van der Waals surface area (Å²) in [6.07, 6.45) is 4.80. The van der Waals surface area contributed by atoms with Crippen LogP contribution in [0.5, 0.6) is 0 Å². The van der Waals surface area contributed by atoms with Gasteiger partial charge in [0.1, 0.15) is 24.3 Å². The van der Waals surface area contributed by atoms with Crippen molar-refractivity contribution < 1.29 is 0 Å². The van der Waals surface area contributed by atoms with Crippen molar-refractivity contribution in [2.75, 3.05) is 47.4 Å². The van der Waals surface area contributed by atoms with Crippen molar-refractivity contribution in [3.63, 3.8) is 0 Å². The molecule has 1 saturated heterocycles. The van der Waals surface area contributed by atoms with E-state index in [1.165, 1.54) is 6.33 Å². The molecule has 1 aromatic carbocycles. The number of rotatable bonds is 4. The van der Waals surface area contributed by atoms with Gasteiger partial charge in [0.25, 0.3) is 0 Å². The van der Waals surface area contributed by atoms with Gasteiger partial charge in [0.15, 0.2) is 0 Å². The lowest BCUT2D eigenvalue weighted by molar-refractivity contribution is 0.640. The van der Waals surface area contributed by atoms with Crippen molar-refractivity contribution >= 4 is 28.7 Å². The quantitative estimate of drug-likeness (QED) is 0.457. The lowest BCUT2D eigenvalue weighted by atomic mass is 10.0. The number of nitrogens with two attached hydrogens (primary N) is 2. The van der Waals surface area contributed by atoms with Gasteiger partial charge < -0.3 is 21.3 Å². The van der Waals surface area contributed by atoms with E-state index in [9.17, 15) is 0 Å². The van der Waals surface area contributed by atoms with Crippen molar-refractivity contribution in [3.8, 4) is 0 Å². The van der Waals surface area contributed by atoms with Crippen LogP contribution in [0.1, 0.15) is 11.3 Å². The van der Waals surface area contributed by atoms with Crippen molar-refractivity contribution in [1.82, 2.24) is 19.9 Å². The predicted octanol–water partition coefficient (Wildman–Crippen LogP) is 1.17. The van der Waals surface area contributed by atoms with Gasteiger partial charge in [-0.05, 0) is 24.3 Å². The molecule has 0 saturated carbocycles. The number of anilines is 4. The van der Waals surface area contributed by atoms with Crippen LogP contribution in [0.25, 0.3) is 0 Å². The third-order valence-corrected chi connectivity index (χ3v) is 4.75. The summed E-state index contributed by atoms with van der Waals surface area (Å²) in [4.78, 5) is 21.3. The molecule has 0 unspecified atom stereocenters. The summed E-state index contributed by atoms with van der Waals surface area (Å²) in [5, 5.41) is 8.50. The Bertz CT molecular complexity index is 982. The van der Waals surface area contributed by atoms with Crippen molar-refractivity contribution in [2.45, 2.75) is 0 Å². The Morgan fingerprint density at radius 3 is 2.29 bits per heavy atom. The Hall–Kier alpha value is -3.75. The number of nitrogens with one attached hydrogen (secondary N) is 1. The third kappa shape index (κ3) is 3.54. The smallest absolute Gasteiger partial charge is 0.132 e. The minimum Gasteiger partial charge on any atom is -0.399 e. The van der Waals surface area contributed by atoms with Gasteiger partial charge in [-0.25, -0.2) is 19.9 Å². The van der Waals surface area contributed by atoms with Crippen molar-refractivity contribution in [1.29, 1.82) is 5.41 Å². The van der Waals surface area contributed by atoms with E-state index in [-0.39, 0.29) is 5.71 Å². The molecule has 1 fully saturated rings. The van der Waals surface area contributed by atoms with E-state index >= 15 is 0 Å². The Morgan fingerprint density at radius 2 is 1.57 bits per heavy atom. The molecule has 1 aliphatic heterocycles. The van der Waals surface area contributed by atoms with E-state index in [1.807, 2.05) is 12.1 Å². The molecule has 28 heavy (non-hydrogen) atoms. The number of piperazine rings is 1. The van der Waals surface area contributed by atoms with Gasteiger partial charge in [-0.2, -0.15) is 0 Å². The molecule has 9 nitrogen and oxygen atoms in total. The molecule has 5 N–H and O–H groups in total. The van der Waals surface area contributed by atoms with Crippen LogP contribution in [-0.4, -0.2) is 51.8 Å². The minimum atomic E-state index is 0.230. The highest BCUT2D eigenvalue weighted by atomic mass is 15.3. The Balaban J connectivity index is 1.50. The maximum absolute atomic E-state index is 8.50. The molecule has 142 valence electrons. The average molecular weight is 375 g/mol. The van der Waals surface area contributed by atoms with Gasteiger partial charge in [0.05, 0.1) is 11.4 Å². The molecule has 9 heteroatoms. The van der Waals surface area contributed by atoms with Gasteiger partial charge in [-0.15, -0.1) is 0 Å². The number of aromatic nitrogens is 4. The lowest BCUT2D eigenvalue weighted by Gasteiger charge is -2.36. The standard InChI is InChI=1S/C19H21N9/c20-13-1-2-15(21)14(9-13)19(22)16-10-18(26-12-24-16)28-7-5-27(6-8-28)17-3-4-23-11-25-17/h1-4,9-12,22H,5-8,20-21H2. The fourth-order valence-corrected chi connectivity index (χ4v) is 3.22. The zero-order chi connectivity index (χ0) is 19.5. The first-order chi connectivity index (χ1) is 13.6. The van der Waals surface area contributed by atoms with Crippen LogP contribution in [0.3, 0.4) is 0 Å². The maximum Gasteiger partial charge on any atom is 0.132 e. The fraction of sp³-hybridized carbons (Fsp3) is 0.211. The van der Waals surface area contributed by atoms with Crippen molar-refractivity contribution in [3.05, 3.63) is 60.4 Å². The van der Waals surface area contributed by atoms with Gasteiger partial charge >= 0.3 is 0 Å². The highest BCUT2D eigenvalue weighted by Gasteiger charge is 2.20. The SMILES string of the molecule is N=C(c1cc(N2CCN(c3ccncn3)CC2)ncn1)c1cc(N)ccc1N. The van der Waals surface area contributed by atoms with Gasteiger partial charge in [0, 0.05) is 55.4 Å². The first-order valence-electron chi connectivity index (χ1n) is 8.94. The number of benzene rings is 1. The number of nitrogen functional groups attached to an aromatic ring is 2. The number of nitrogens with zero attached hydrogens (tertiary/aromatic N) is 6. The topological polar surface area (TPSA) is 134 Å². The molecule has 1 aliphatic rings. The number of hydrogen-bond donors (Lipinski definition) is 3. The van der Waals surface area contributed by atoms with Crippen LogP contribution in [0.15, 0.2) is 49.2 Å². The van der Waals surface area contributed by atoms with Gasteiger partial charge in [-0.1, -0.05) is 0 Å². The maximum atomic E-state index is 8.50. The molecular formula is C19H21N9. The second kappa shape index (κ2) is 7.47. The fourth-order valence-electron chi connectivity index (χ4n) is 3.22. The molecule has 4 rings (SSSR count). The molecule has 0 atom stereocenters. The number of hydrogen-bond acceptors (Lipinski definition) is 9. The molecule has 0 bridgehead atoms. The van der Waals surface area contributed by atoms with Crippen LogP contribution in [0, 0.1) is 5.41 Å². The summed E-state index contributed by atoms with van der Waals surface area (Å²) in [5.41, 5.74) is 14.2. The first kappa shape index (κ1) is 17.7. The Labute approximate surface area is 162 Å². The van der Waals surface area contributed by atoms with Crippen LogP contribution in [0.2, 0.25) is 0 Å². The molecule has 3 heterocycles. The predicted molar refractivity (Wildman–Crippen MR) is 110 cm³/mol. The second-order valence-corrected chi connectivity index (χ2v) is 6.52. The summed E-state index contributed by atoms with van der Waals surface area (Å²) in [5.74, 6) is 1.72. The van der Waals surface area contributed by atoms with Crippen LogP contribution < -0.4 is 21.3 Å². The summed E-state index contributed by atoms with van der Waals surface area (Å²) in [7, 11) is 0. The van der Waals surface area contributed by atoms with E-state index in [0.29, 0.717) is 22.6 Å². The van der Waals surface area contributed by atoms with E-state index in [2.05, 4.69) is 29.7 Å². The normalized spacial score (nSPS) is 14.1. The highest BCUT2D eigenvalue weighted by Crippen LogP contribution is 2.21. The van der Waals surface area contributed by atoms with E-state index in [4.69, 9.17) is 16.9 Å². The van der Waals surface area contributed by atoms with E-state index in [1.54, 1.807) is 30.7 Å². The van der Waals surface area contributed by atoms with Crippen LogP contribution >= 0.6 is 0 Å². The molecule has 0 spiro atoms. The molecule has 2 aromatic heterocycles.